The molecule has 0 radical (unpaired) electrons. The highest BCUT2D eigenvalue weighted by Crippen LogP contribution is 2.14. The summed E-state index contributed by atoms with van der Waals surface area (Å²) in [5.74, 6) is 0.831. The first kappa shape index (κ1) is 13.0. The van der Waals surface area contributed by atoms with Crippen LogP contribution in [0.15, 0.2) is 34.3 Å². The summed E-state index contributed by atoms with van der Waals surface area (Å²) in [6.45, 7) is 2.02. The predicted octanol–water partition coefficient (Wildman–Crippen LogP) is 3.11. The van der Waals surface area contributed by atoms with E-state index in [9.17, 15) is 0 Å². The van der Waals surface area contributed by atoms with Crippen molar-refractivity contribution in [3.05, 3.63) is 40.4 Å². The summed E-state index contributed by atoms with van der Waals surface area (Å²) in [6.07, 6.45) is 4.63. The first-order valence-corrected chi connectivity index (χ1v) is 7.22. The van der Waals surface area contributed by atoms with E-state index in [0.29, 0.717) is 4.77 Å². The van der Waals surface area contributed by atoms with Gasteiger partial charge in [-0.3, -0.25) is 5.10 Å². The van der Waals surface area contributed by atoms with Crippen LogP contribution in [0.3, 0.4) is 0 Å². The molecule has 0 spiro atoms. The number of aromatic nitrogens is 3. The van der Waals surface area contributed by atoms with E-state index < -0.39 is 0 Å². The lowest BCUT2D eigenvalue weighted by Gasteiger charge is -1.98. The van der Waals surface area contributed by atoms with Crippen LogP contribution in [-0.4, -0.2) is 27.3 Å². The molecular formula is C12H14N4S2. The summed E-state index contributed by atoms with van der Waals surface area (Å²) in [5, 5.41) is 11.2. The van der Waals surface area contributed by atoms with Gasteiger partial charge in [0.25, 0.3) is 0 Å². The van der Waals surface area contributed by atoms with Gasteiger partial charge in [0.15, 0.2) is 5.82 Å². The van der Waals surface area contributed by atoms with Gasteiger partial charge in [-0.1, -0.05) is 19.1 Å². The molecule has 0 saturated carbocycles. The zero-order chi connectivity index (χ0) is 13.0. The standard InChI is InChI=1S/C12H14N4S2/c1-3-11-14-15-12(17)16(11)13-8-9-4-6-10(18-2)7-5-9/h4-8H,3H2,1-2H3,(H,15,17)/b13-8-. The van der Waals surface area contributed by atoms with Crippen molar-refractivity contribution in [1.29, 1.82) is 0 Å². The second-order valence-electron chi connectivity index (χ2n) is 3.63. The molecular weight excluding hydrogens is 264 g/mol. The SMILES string of the molecule is CCc1n[nH]c(=S)n1/N=C\c1ccc(SC)cc1. The Balaban J connectivity index is 2.24. The van der Waals surface area contributed by atoms with E-state index in [0.717, 1.165) is 17.8 Å². The molecule has 94 valence electrons. The summed E-state index contributed by atoms with van der Waals surface area (Å²) in [7, 11) is 0. The smallest absolute Gasteiger partial charge is 0.216 e. The molecule has 4 nitrogen and oxygen atoms in total. The van der Waals surface area contributed by atoms with Crippen LogP contribution in [0.5, 0.6) is 0 Å². The van der Waals surface area contributed by atoms with E-state index in [1.165, 1.54) is 4.90 Å². The van der Waals surface area contributed by atoms with Crippen molar-refractivity contribution in [3.8, 4) is 0 Å². The first-order valence-electron chi connectivity index (χ1n) is 5.59. The third-order valence-electron chi connectivity index (χ3n) is 2.47. The van der Waals surface area contributed by atoms with E-state index in [4.69, 9.17) is 12.2 Å². The summed E-state index contributed by atoms with van der Waals surface area (Å²) < 4.78 is 2.17. The molecule has 2 rings (SSSR count). The van der Waals surface area contributed by atoms with Crippen molar-refractivity contribution in [3.63, 3.8) is 0 Å². The number of nitrogens with one attached hydrogen (secondary N) is 1. The van der Waals surface area contributed by atoms with Gasteiger partial charge in [0.1, 0.15) is 0 Å². The fourth-order valence-electron chi connectivity index (χ4n) is 1.49. The molecule has 0 aliphatic heterocycles. The Morgan fingerprint density at radius 3 is 2.78 bits per heavy atom. The van der Waals surface area contributed by atoms with Crippen LogP contribution in [0.1, 0.15) is 18.3 Å². The average Bonchev–Trinajstić information content (AvgIpc) is 2.77. The third-order valence-corrected chi connectivity index (χ3v) is 3.48. The van der Waals surface area contributed by atoms with Crippen molar-refractivity contribution >= 4 is 30.2 Å². The quantitative estimate of drug-likeness (QED) is 0.531. The second kappa shape index (κ2) is 5.97. The molecule has 2 aromatic rings. The summed E-state index contributed by atoms with van der Waals surface area (Å²) >= 11 is 6.84. The minimum Gasteiger partial charge on any atom is -0.250 e. The van der Waals surface area contributed by atoms with Gasteiger partial charge < -0.3 is 0 Å². The molecule has 1 N–H and O–H groups in total. The number of hydrogen-bond acceptors (Lipinski definition) is 4. The monoisotopic (exact) mass is 278 g/mol. The van der Waals surface area contributed by atoms with Gasteiger partial charge in [0.05, 0.1) is 6.21 Å². The number of thioether (sulfide) groups is 1. The Morgan fingerprint density at radius 1 is 1.44 bits per heavy atom. The van der Waals surface area contributed by atoms with Crippen LogP contribution < -0.4 is 0 Å². The van der Waals surface area contributed by atoms with Crippen molar-refractivity contribution < 1.29 is 0 Å². The molecule has 6 heteroatoms. The molecule has 0 unspecified atom stereocenters. The second-order valence-corrected chi connectivity index (χ2v) is 4.89. The van der Waals surface area contributed by atoms with Gasteiger partial charge in [-0.15, -0.1) is 11.8 Å². The highest BCUT2D eigenvalue weighted by atomic mass is 32.2. The summed E-state index contributed by atoms with van der Waals surface area (Å²) in [6, 6.07) is 8.21. The third kappa shape index (κ3) is 2.88. The highest BCUT2D eigenvalue weighted by molar-refractivity contribution is 7.98. The van der Waals surface area contributed by atoms with E-state index in [-0.39, 0.29) is 0 Å². The number of nitrogens with zero attached hydrogens (tertiary/aromatic N) is 3. The number of hydrogen-bond donors (Lipinski definition) is 1. The molecule has 1 aromatic heterocycles. The molecule has 0 bridgehead atoms. The van der Waals surface area contributed by atoms with Crippen molar-refractivity contribution in [2.75, 3.05) is 6.26 Å². The lowest BCUT2D eigenvalue weighted by Crippen LogP contribution is -1.97. The number of aryl methyl sites for hydroxylation is 1. The molecule has 1 aromatic carbocycles. The van der Waals surface area contributed by atoms with Crippen molar-refractivity contribution in [1.82, 2.24) is 14.9 Å². The maximum Gasteiger partial charge on any atom is 0.216 e. The van der Waals surface area contributed by atoms with Gasteiger partial charge >= 0.3 is 0 Å². The van der Waals surface area contributed by atoms with E-state index >= 15 is 0 Å². The largest absolute Gasteiger partial charge is 0.250 e. The Bertz CT molecular complexity index is 595. The van der Waals surface area contributed by atoms with Gasteiger partial charge in [-0.25, -0.2) is 0 Å². The van der Waals surface area contributed by atoms with Crippen molar-refractivity contribution in [2.24, 2.45) is 5.10 Å². The fraction of sp³-hybridized carbons (Fsp3) is 0.250. The van der Waals surface area contributed by atoms with Gasteiger partial charge in [0, 0.05) is 11.3 Å². The van der Waals surface area contributed by atoms with Crippen LogP contribution in [0.25, 0.3) is 0 Å². The molecule has 0 atom stereocenters. The molecule has 0 saturated heterocycles. The van der Waals surface area contributed by atoms with Gasteiger partial charge in [-0.05, 0) is 36.2 Å². The Hall–Kier alpha value is -1.40. The molecule has 0 aliphatic rings. The van der Waals surface area contributed by atoms with Gasteiger partial charge in [0.2, 0.25) is 4.77 Å². The number of H-pyrrole nitrogens is 1. The summed E-state index contributed by atoms with van der Waals surface area (Å²) in [5.41, 5.74) is 1.04. The Kier molecular flexibility index (Phi) is 4.33. The van der Waals surface area contributed by atoms with E-state index in [2.05, 4.69) is 33.7 Å². The van der Waals surface area contributed by atoms with Crippen molar-refractivity contribution in [2.45, 2.75) is 18.2 Å². The minimum atomic E-state index is 0.517. The van der Waals surface area contributed by atoms with Crippen LogP contribution in [-0.2, 0) is 6.42 Å². The molecule has 1 heterocycles. The fourth-order valence-corrected chi connectivity index (χ4v) is 2.09. The van der Waals surface area contributed by atoms with E-state index in [1.54, 1.807) is 22.7 Å². The lowest BCUT2D eigenvalue weighted by molar-refractivity contribution is 0.780. The van der Waals surface area contributed by atoms with Crippen LogP contribution in [0.4, 0.5) is 0 Å². The van der Waals surface area contributed by atoms with Crippen LogP contribution in [0, 0.1) is 4.77 Å². The highest BCUT2D eigenvalue weighted by Gasteiger charge is 2.00. The topological polar surface area (TPSA) is 46.0 Å². The van der Waals surface area contributed by atoms with Crippen LogP contribution >= 0.6 is 24.0 Å². The normalized spacial score (nSPS) is 11.2. The molecule has 18 heavy (non-hydrogen) atoms. The molecule has 0 fully saturated rings. The Labute approximate surface area is 115 Å². The number of rotatable bonds is 4. The Morgan fingerprint density at radius 2 is 2.17 bits per heavy atom. The molecule has 0 aliphatic carbocycles. The predicted molar refractivity (Wildman–Crippen MR) is 78.0 cm³/mol. The van der Waals surface area contributed by atoms with Gasteiger partial charge in [-0.2, -0.15) is 14.9 Å². The van der Waals surface area contributed by atoms with E-state index in [1.807, 2.05) is 19.1 Å². The first-order chi connectivity index (χ1) is 8.74. The minimum absolute atomic E-state index is 0.517. The average molecular weight is 278 g/mol. The molecule has 0 amide bonds. The zero-order valence-corrected chi connectivity index (χ0v) is 11.9. The maximum absolute atomic E-state index is 5.12. The number of aromatic amines is 1. The number of benzene rings is 1. The lowest BCUT2D eigenvalue weighted by atomic mass is 10.2. The maximum atomic E-state index is 5.12. The summed E-state index contributed by atoms with van der Waals surface area (Å²) in [4.78, 5) is 1.24. The zero-order valence-electron chi connectivity index (χ0n) is 10.3. The van der Waals surface area contributed by atoms with Crippen LogP contribution in [0.2, 0.25) is 0 Å².